The summed E-state index contributed by atoms with van der Waals surface area (Å²) in [5, 5.41) is 0. The van der Waals surface area contributed by atoms with Crippen molar-refractivity contribution in [2.45, 2.75) is 64.3 Å². The molecular weight excluding hydrogens is 539 g/mol. The van der Waals surface area contributed by atoms with E-state index in [4.69, 9.17) is 9.72 Å². The van der Waals surface area contributed by atoms with Crippen molar-refractivity contribution in [3.05, 3.63) is 59.9 Å². The second-order valence-corrected chi connectivity index (χ2v) is 11.3. The highest BCUT2D eigenvalue weighted by Crippen LogP contribution is 2.36. The molecule has 180 valence electrons. The van der Waals surface area contributed by atoms with Crippen LogP contribution in [0.3, 0.4) is 0 Å². The molecule has 0 spiro atoms. The Morgan fingerprint density at radius 3 is 2.50 bits per heavy atom. The summed E-state index contributed by atoms with van der Waals surface area (Å²) in [7, 11) is 0. The second-order valence-electron chi connectivity index (χ2n) is 10.5. The van der Waals surface area contributed by atoms with Gasteiger partial charge in [-0.1, -0.05) is 66.8 Å². The number of amides is 1. The molecule has 2 aromatic heterocycles. The van der Waals surface area contributed by atoms with Gasteiger partial charge in [-0.3, -0.25) is 9.80 Å². The number of hydrogen-bond donors (Lipinski definition) is 0. The van der Waals surface area contributed by atoms with E-state index in [1.165, 1.54) is 11.3 Å². The number of piperidine rings is 1. The van der Waals surface area contributed by atoms with E-state index in [1.54, 1.807) is 0 Å². The third-order valence-electron chi connectivity index (χ3n) is 7.02. The zero-order valence-electron chi connectivity index (χ0n) is 20.4. The van der Waals surface area contributed by atoms with Gasteiger partial charge in [0.2, 0.25) is 0 Å². The molecule has 3 aliphatic heterocycles. The largest absolute Gasteiger partial charge is 0.443 e. The van der Waals surface area contributed by atoms with E-state index in [0.29, 0.717) is 5.92 Å². The lowest BCUT2D eigenvalue weighted by molar-refractivity contribution is -0.0773. The van der Waals surface area contributed by atoms with Crippen LogP contribution in [0.15, 0.2) is 48.7 Å². The molecule has 6 nitrogen and oxygen atoms in total. The Bertz CT molecular complexity index is 1180. The first-order chi connectivity index (χ1) is 16.3. The molecule has 0 N–H and O–H groups in total. The highest BCUT2D eigenvalue weighted by Gasteiger charge is 2.49. The van der Waals surface area contributed by atoms with Gasteiger partial charge in [0, 0.05) is 35.8 Å². The zero-order valence-corrected chi connectivity index (χ0v) is 22.5. The van der Waals surface area contributed by atoms with E-state index in [0.717, 1.165) is 47.4 Å². The molecule has 3 aromatic rings. The molecule has 6 rings (SSSR count). The van der Waals surface area contributed by atoms with Crippen LogP contribution < -0.4 is 0 Å². The Morgan fingerprint density at radius 2 is 1.85 bits per heavy atom. The number of carbonyl (C=O) groups is 1. The maximum Gasteiger partial charge on any atom is 0.410 e. The summed E-state index contributed by atoms with van der Waals surface area (Å²) >= 11 is 2.27. The van der Waals surface area contributed by atoms with Crippen molar-refractivity contribution in [2.24, 2.45) is 0 Å². The average Bonchev–Trinajstić information content (AvgIpc) is 3.17. The van der Waals surface area contributed by atoms with Crippen LogP contribution >= 0.6 is 22.6 Å². The van der Waals surface area contributed by atoms with Crippen molar-refractivity contribution < 1.29 is 9.53 Å². The number of alkyl halides is 1. The summed E-state index contributed by atoms with van der Waals surface area (Å²) in [5.74, 6) is 0.506. The first-order valence-electron chi connectivity index (χ1n) is 12.1. The minimum atomic E-state index is -0.433. The van der Waals surface area contributed by atoms with Crippen LogP contribution in [0.1, 0.15) is 51.3 Å². The number of fused-ring (bicyclic) bond motifs is 3. The van der Waals surface area contributed by atoms with Gasteiger partial charge in [0.15, 0.2) is 0 Å². The minimum absolute atomic E-state index is 0.164. The number of ether oxygens (including phenoxy) is 1. The summed E-state index contributed by atoms with van der Waals surface area (Å²) in [4.78, 5) is 22.2. The van der Waals surface area contributed by atoms with Crippen molar-refractivity contribution in [1.29, 1.82) is 0 Å². The van der Waals surface area contributed by atoms with Gasteiger partial charge in [-0.2, -0.15) is 0 Å². The quantitative estimate of drug-likeness (QED) is 0.280. The molecule has 3 saturated heterocycles. The number of halogens is 1. The maximum absolute atomic E-state index is 12.8. The third kappa shape index (κ3) is 4.44. The average molecular weight is 572 g/mol. The summed E-state index contributed by atoms with van der Waals surface area (Å²) in [6, 6.07) is 15.4. The number of piperazine rings is 1. The molecular formula is C27H33IN4O2. The molecule has 3 aliphatic rings. The van der Waals surface area contributed by atoms with Gasteiger partial charge in [0.05, 0.1) is 23.5 Å². The lowest BCUT2D eigenvalue weighted by atomic mass is 9.88. The van der Waals surface area contributed by atoms with Gasteiger partial charge in [-0.25, -0.2) is 9.78 Å². The predicted octanol–water partition coefficient (Wildman–Crippen LogP) is 5.73. The van der Waals surface area contributed by atoms with E-state index >= 15 is 0 Å². The van der Waals surface area contributed by atoms with E-state index in [-0.39, 0.29) is 18.2 Å². The fraction of sp³-hybridized carbons (Fsp3) is 0.481. The van der Waals surface area contributed by atoms with Crippen molar-refractivity contribution >= 4 is 34.3 Å². The van der Waals surface area contributed by atoms with Gasteiger partial charge >= 0.3 is 6.09 Å². The molecule has 5 heterocycles. The molecule has 2 atom stereocenters. The van der Waals surface area contributed by atoms with Crippen LogP contribution in [0.4, 0.5) is 4.79 Å². The Balaban J connectivity index is 1.36. The number of nitrogens with zero attached hydrogens (tertiary/aromatic N) is 4. The lowest BCUT2D eigenvalue weighted by Crippen LogP contribution is -2.70. The number of benzene rings is 1. The normalized spacial score (nSPS) is 20.6. The lowest BCUT2D eigenvalue weighted by Gasteiger charge is -2.55. The molecule has 2 bridgehead atoms. The first kappa shape index (κ1) is 23.6. The highest BCUT2D eigenvalue weighted by atomic mass is 127. The van der Waals surface area contributed by atoms with E-state index < -0.39 is 5.60 Å². The second kappa shape index (κ2) is 9.15. The van der Waals surface area contributed by atoms with Gasteiger partial charge < -0.3 is 9.14 Å². The van der Waals surface area contributed by atoms with E-state index in [2.05, 4.69) is 88.3 Å². The summed E-state index contributed by atoms with van der Waals surface area (Å²) in [6.45, 7) is 10.9. The third-order valence-corrected chi connectivity index (χ3v) is 8.86. The van der Waals surface area contributed by atoms with Crippen LogP contribution in [-0.2, 0) is 11.3 Å². The molecule has 1 amide bonds. The maximum atomic E-state index is 12.8. The Kier molecular flexibility index (Phi) is 6.35. The van der Waals surface area contributed by atoms with Crippen LogP contribution in [0.5, 0.6) is 0 Å². The fourth-order valence-corrected chi connectivity index (χ4v) is 5.26. The highest BCUT2D eigenvalue weighted by molar-refractivity contribution is 14.1. The zero-order chi connectivity index (χ0) is 24.0. The Morgan fingerprint density at radius 1 is 1.15 bits per heavy atom. The van der Waals surface area contributed by atoms with E-state index in [9.17, 15) is 4.79 Å². The van der Waals surface area contributed by atoms with E-state index in [1.807, 2.05) is 24.8 Å². The summed E-state index contributed by atoms with van der Waals surface area (Å²) < 4.78 is 8.76. The summed E-state index contributed by atoms with van der Waals surface area (Å²) in [6.07, 6.45) is 3.00. The molecule has 0 aliphatic carbocycles. The Labute approximate surface area is 215 Å². The molecule has 0 saturated carbocycles. The topological polar surface area (TPSA) is 50.1 Å². The predicted molar refractivity (Wildman–Crippen MR) is 143 cm³/mol. The molecule has 7 heteroatoms. The van der Waals surface area contributed by atoms with Crippen molar-refractivity contribution in [3.8, 4) is 11.3 Å². The molecule has 2 unspecified atom stereocenters. The molecule has 0 radical (unpaired) electrons. The molecule has 3 fully saturated rings. The molecule has 1 aromatic carbocycles. The molecule has 34 heavy (non-hydrogen) atoms. The van der Waals surface area contributed by atoms with Gasteiger partial charge in [-0.15, -0.1) is 0 Å². The number of aromatic nitrogens is 2. The monoisotopic (exact) mass is 572 g/mol. The number of hydrogen-bond acceptors (Lipinski definition) is 4. The van der Waals surface area contributed by atoms with Crippen molar-refractivity contribution in [2.75, 3.05) is 17.5 Å². The minimum Gasteiger partial charge on any atom is -0.443 e. The van der Waals surface area contributed by atoms with Gasteiger partial charge in [0.25, 0.3) is 0 Å². The van der Waals surface area contributed by atoms with Gasteiger partial charge in [0.1, 0.15) is 11.2 Å². The first-order valence-corrected chi connectivity index (χ1v) is 13.6. The van der Waals surface area contributed by atoms with Crippen LogP contribution in [0.2, 0.25) is 0 Å². The number of pyridine rings is 1. The number of rotatable bonds is 6. The van der Waals surface area contributed by atoms with Crippen LogP contribution in [0, 0.1) is 0 Å². The fourth-order valence-electron chi connectivity index (χ4n) is 5.11. The number of carbonyl (C=O) groups excluding carboxylic acids is 1. The Hall–Kier alpha value is -2.13. The smallest absolute Gasteiger partial charge is 0.410 e. The van der Waals surface area contributed by atoms with Crippen molar-refractivity contribution in [3.63, 3.8) is 0 Å². The number of imidazole rings is 1. The van der Waals surface area contributed by atoms with Crippen LogP contribution in [0.25, 0.3) is 16.9 Å². The van der Waals surface area contributed by atoms with Gasteiger partial charge in [-0.05, 0) is 43.9 Å². The van der Waals surface area contributed by atoms with Crippen molar-refractivity contribution in [1.82, 2.24) is 19.2 Å². The SMILES string of the molecule is CC(C)c1ccc(-c2nc3ccccn3c2CN2CC3CC(C2)N3C(=O)OC(C)(C)CI)cc1. The van der Waals surface area contributed by atoms with Crippen LogP contribution in [-0.4, -0.2) is 60.5 Å². The summed E-state index contributed by atoms with van der Waals surface area (Å²) in [5.41, 5.74) is 5.26. The standard InChI is InChI=1S/C27H33IN4O2/c1-18(2)19-8-10-20(11-9-19)25-23(31-12-6-5-7-24(31)29-25)16-30-14-21-13-22(15-30)32(21)26(33)34-27(3,4)17-28/h5-12,18,21-22H,13-17H2,1-4H3.